The summed E-state index contributed by atoms with van der Waals surface area (Å²) in [5, 5.41) is 8.49. The minimum atomic E-state index is -0.784. The second-order valence-electron chi connectivity index (χ2n) is 3.71. The lowest BCUT2D eigenvalue weighted by atomic mass is 10.1. The van der Waals surface area contributed by atoms with Gasteiger partial charge in [-0.3, -0.25) is 4.79 Å². The van der Waals surface area contributed by atoms with E-state index in [0.29, 0.717) is 13.0 Å². The van der Waals surface area contributed by atoms with E-state index in [1.165, 1.54) is 0 Å². The van der Waals surface area contributed by atoms with Gasteiger partial charge in [-0.15, -0.1) is 0 Å². The number of carboxylic acids is 1. The molecule has 3 nitrogen and oxygen atoms in total. The number of aliphatic carboxylic acids is 1. The molecule has 0 saturated carbocycles. The van der Waals surface area contributed by atoms with E-state index < -0.39 is 5.97 Å². The Kier molecular flexibility index (Phi) is 4.80. The first-order valence-electron chi connectivity index (χ1n) is 5.12. The van der Waals surface area contributed by atoms with E-state index in [1.807, 2.05) is 26.0 Å². The Bertz CT molecular complexity index is 365. The van der Waals surface area contributed by atoms with Gasteiger partial charge in [-0.25, -0.2) is 0 Å². The van der Waals surface area contributed by atoms with E-state index in [1.54, 1.807) is 0 Å². The van der Waals surface area contributed by atoms with E-state index in [4.69, 9.17) is 9.84 Å². The van der Waals surface area contributed by atoms with Crippen LogP contribution in [0.25, 0.3) is 0 Å². The lowest BCUT2D eigenvalue weighted by Crippen LogP contribution is -2.04. The van der Waals surface area contributed by atoms with Crippen molar-refractivity contribution in [2.45, 2.75) is 26.7 Å². The molecule has 0 aliphatic rings. The van der Waals surface area contributed by atoms with Crippen LogP contribution in [-0.4, -0.2) is 17.7 Å². The Hall–Kier alpha value is -1.03. The lowest BCUT2D eigenvalue weighted by Gasteiger charge is -2.12. The van der Waals surface area contributed by atoms with Crippen LogP contribution in [0.2, 0.25) is 0 Å². The van der Waals surface area contributed by atoms with Gasteiger partial charge in [-0.1, -0.05) is 15.9 Å². The van der Waals surface area contributed by atoms with E-state index in [0.717, 1.165) is 21.3 Å². The molecule has 1 aromatic carbocycles. The van der Waals surface area contributed by atoms with Crippen molar-refractivity contribution >= 4 is 21.9 Å². The van der Waals surface area contributed by atoms with Crippen LogP contribution < -0.4 is 4.74 Å². The highest BCUT2D eigenvalue weighted by Gasteiger charge is 2.05. The van der Waals surface area contributed by atoms with E-state index in [9.17, 15) is 4.79 Å². The van der Waals surface area contributed by atoms with Crippen molar-refractivity contribution in [3.63, 3.8) is 0 Å². The standard InChI is InChI=1S/C12H15BrO3/c1-8-6-10(13)7-9(2)12(8)16-5-3-4-11(14)15/h6-7H,3-5H2,1-2H3,(H,14,15). The van der Waals surface area contributed by atoms with Crippen LogP contribution in [0.15, 0.2) is 16.6 Å². The average molecular weight is 287 g/mol. The molecule has 0 heterocycles. The van der Waals surface area contributed by atoms with Gasteiger partial charge >= 0.3 is 5.97 Å². The van der Waals surface area contributed by atoms with Crippen molar-refractivity contribution in [3.05, 3.63) is 27.7 Å². The summed E-state index contributed by atoms with van der Waals surface area (Å²) in [6.07, 6.45) is 0.679. The van der Waals surface area contributed by atoms with Crippen molar-refractivity contribution in [2.24, 2.45) is 0 Å². The third-order valence-electron chi connectivity index (χ3n) is 2.21. The minimum Gasteiger partial charge on any atom is -0.493 e. The summed E-state index contributed by atoms with van der Waals surface area (Å²) >= 11 is 3.41. The zero-order valence-corrected chi connectivity index (χ0v) is 11.0. The van der Waals surface area contributed by atoms with Gasteiger partial charge in [0.15, 0.2) is 0 Å². The summed E-state index contributed by atoms with van der Waals surface area (Å²) in [6.45, 7) is 4.39. The van der Waals surface area contributed by atoms with Crippen molar-refractivity contribution in [3.8, 4) is 5.75 Å². The molecule has 88 valence electrons. The third-order valence-corrected chi connectivity index (χ3v) is 2.66. The first kappa shape index (κ1) is 13.0. The maximum atomic E-state index is 10.3. The van der Waals surface area contributed by atoms with Crippen LogP contribution in [0.1, 0.15) is 24.0 Å². The molecular formula is C12H15BrO3. The summed E-state index contributed by atoms with van der Waals surface area (Å²) in [5.74, 6) is 0.0708. The van der Waals surface area contributed by atoms with Gasteiger partial charge in [0.25, 0.3) is 0 Å². The first-order chi connectivity index (χ1) is 7.50. The number of rotatable bonds is 5. The van der Waals surface area contributed by atoms with Gasteiger partial charge in [0, 0.05) is 10.9 Å². The Morgan fingerprint density at radius 3 is 2.44 bits per heavy atom. The maximum absolute atomic E-state index is 10.3. The summed E-state index contributed by atoms with van der Waals surface area (Å²) < 4.78 is 6.62. The maximum Gasteiger partial charge on any atom is 0.303 e. The van der Waals surface area contributed by atoms with Crippen LogP contribution in [0.3, 0.4) is 0 Å². The SMILES string of the molecule is Cc1cc(Br)cc(C)c1OCCCC(=O)O. The molecular weight excluding hydrogens is 272 g/mol. The Balaban J connectivity index is 2.57. The molecule has 0 amide bonds. The smallest absolute Gasteiger partial charge is 0.303 e. The minimum absolute atomic E-state index is 0.147. The Morgan fingerprint density at radius 2 is 1.94 bits per heavy atom. The number of halogens is 1. The van der Waals surface area contributed by atoms with Crippen molar-refractivity contribution in [2.75, 3.05) is 6.61 Å². The highest BCUT2D eigenvalue weighted by Crippen LogP contribution is 2.27. The van der Waals surface area contributed by atoms with Gasteiger partial charge in [0.05, 0.1) is 6.61 Å². The molecule has 0 spiro atoms. The molecule has 0 aliphatic heterocycles. The first-order valence-corrected chi connectivity index (χ1v) is 5.91. The molecule has 0 fully saturated rings. The van der Waals surface area contributed by atoms with Crippen LogP contribution in [-0.2, 0) is 4.79 Å². The molecule has 0 unspecified atom stereocenters. The van der Waals surface area contributed by atoms with Crippen molar-refractivity contribution in [1.29, 1.82) is 0 Å². The summed E-state index contributed by atoms with van der Waals surface area (Å²) in [7, 11) is 0. The predicted octanol–water partition coefficient (Wildman–Crippen LogP) is 3.31. The normalized spacial score (nSPS) is 10.2. The number of aryl methyl sites for hydroxylation is 2. The molecule has 0 radical (unpaired) electrons. The van der Waals surface area contributed by atoms with Crippen LogP contribution in [0, 0.1) is 13.8 Å². The fourth-order valence-electron chi connectivity index (χ4n) is 1.52. The molecule has 0 atom stereocenters. The number of hydrogen-bond donors (Lipinski definition) is 1. The summed E-state index contributed by atoms with van der Waals surface area (Å²) in [4.78, 5) is 10.3. The van der Waals surface area contributed by atoms with E-state index in [2.05, 4.69) is 15.9 Å². The van der Waals surface area contributed by atoms with Gasteiger partial charge in [0.1, 0.15) is 5.75 Å². The van der Waals surface area contributed by atoms with Crippen molar-refractivity contribution < 1.29 is 14.6 Å². The van der Waals surface area contributed by atoms with Crippen LogP contribution >= 0.6 is 15.9 Å². The molecule has 0 saturated heterocycles. The Labute approximate surface area is 104 Å². The van der Waals surface area contributed by atoms with E-state index in [-0.39, 0.29) is 6.42 Å². The largest absolute Gasteiger partial charge is 0.493 e. The van der Waals surface area contributed by atoms with Crippen molar-refractivity contribution in [1.82, 2.24) is 0 Å². The molecule has 0 aromatic heterocycles. The fraction of sp³-hybridized carbons (Fsp3) is 0.417. The average Bonchev–Trinajstić information content (AvgIpc) is 2.14. The van der Waals surface area contributed by atoms with E-state index >= 15 is 0 Å². The topological polar surface area (TPSA) is 46.5 Å². The number of hydrogen-bond acceptors (Lipinski definition) is 2. The third kappa shape index (κ3) is 3.85. The second-order valence-corrected chi connectivity index (χ2v) is 4.63. The van der Waals surface area contributed by atoms with Gasteiger partial charge in [-0.05, 0) is 43.5 Å². The number of carboxylic acid groups (broad SMARTS) is 1. The molecule has 16 heavy (non-hydrogen) atoms. The van der Waals surface area contributed by atoms with Crippen LogP contribution in [0.4, 0.5) is 0 Å². The molecule has 1 rings (SSSR count). The fourth-order valence-corrected chi connectivity index (χ4v) is 2.21. The number of carbonyl (C=O) groups is 1. The molecule has 1 N–H and O–H groups in total. The summed E-state index contributed by atoms with van der Waals surface area (Å²) in [5.41, 5.74) is 2.12. The van der Waals surface area contributed by atoms with Gasteiger partial charge in [-0.2, -0.15) is 0 Å². The molecule has 1 aromatic rings. The monoisotopic (exact) mass is 286 g/mol. The zero-order chi connectivity index (χ0) is 12.1. The number of ether oxygens (including phenoxy) is 1. The molecule has 0 aliphatic carbocycles. The number of benzene rings is 1. The molecule has 0 bridgehead atoms. The molecule has 4 heteroatoms. The lowest BCUT2D eigenvalue weighted by molar-refractivity contribution is -0.137. The van der Waals surface area contributed by atoms with Crippen LogP contribution in [0.5, 0.6) is 5.75 Å². The highest BCUT2D eigenvalue weighted by molar-refractivity contribution is 9.10. The highest BCUT2D eigenvalue weighted by atomic mass is 79.9. The second kappa shape index (κ2) is 5.89. The van der Waals surface area contributed by atoms with Gasteiger partial charge in [0.2, 0.25) is 0 Å². The zero-order valence-electron chi connectivity index (χ0n) is 9.42. The summed E-state index contributed by atoms with van der Waals surface area (Å²) in [6, 6.07) is 3.97. The van der Waals surface area contributed by atoms with Gasteiger partial charge < -0.3 is 9.84 Å². The predicted molar refractivity (Wildman–Crippen MR) is 66.0 cm³/mol. The quantitative estimate of drug-likeness (QED) is 0.845. The Morgan fingerprint density at radius 1 is 1.38 bits per heavy atom.